The Morgan fingerprint density at radius 3 is 2.40 bits per heavy atom. The van der Waals surface area contributed by atoms with Gasteiger partial charge < -0.3 is 9.80 Å². The lowest BCUT2D eigenvalue weighted by Gasteiger charge is -2.27. The lowest BCUT2D eigenvalue weighted by Crippen LogP contribution is -2.47. The topological polar surface area (TPSA) is 130 Å². The Bertz CT molecular complexity index is 896. The van der Waals surface area contributed by atoms with Crippen LogP contribution >= 0.6 is 0 Å². The Kier molecular flexibility index (Phi) is 7.03. The minimum absolute atomic E-state index is 0.0252. The van der Waals surface area contributed by atoms with Crippen LogP contribution in [0.5, 0.6) is 0 Å². The lowest BCUT2D eigenvalue weighted by molar-refractivity contribution is -0.384. The van der Waals surface area contributed by atoms with Crippen LogP contribution in [0.4, 0.5) is 5.69 Å². The van der Waals surface area contributed by atoms with E-state index in [0.29, 0.717) is 19.4 Å². The van der Waals surface area contributed by atoms with Crippen LogP contribution in [0, 0.1) is 10.1 Å². The van der Waals surface area contributed by atoms with Crippen molar-refractivity contribution in [3.63, 3.8) is 0 Å². The number of hydrogen-bond donors (Lipinski definition) is 1. The minimum Gasteiger partial charge on any atom is -0.341 e. The zero-order valence-corrected chi connectivity index (χ0v) is 17.5. The van der Waals surface area contributed by atoms with Gasteiger partial charge in [-0.05, 0) is 44.2 Å². The molecule has 2 amide bonds. The fourth-order valence-electron chi connectivity index (χ4n) is 3.89. The maximum atomic E-state index is 12.6. The molecular formula is C19H26N4O6S. The average Bonchev–Trinajstić information content (AvgIpc) is 3.43. The summed E-state index contributed by atoms with van der Waals surface area (Å²) < 4.78 is 27.0. The van der Waals surface area contributed by atoms with E-state index in [1.807, 2.05) is 4.90 Å². The first kappa shape index (κ1) is 22.2. The SMILES string of the molecule is O=C([C@@H]1CCCN1C(=O)CCCNS(=O)(=O)c1ccc([N+](=O)[O-])cc1)N1CCCC1. The molecule has 0 radical (unpaired) electrons. The van der Waals surface area contributed by atoms with Crippen LogP contribution in [-0.2, 0) is 19.6 Å². The van der Waals surface area contributed by atoms with E-state index >= 15 is 0 Å². The molecule has 0 spiro atoms. The van der Waals surface area contributed by atoms with Crippen molar-refractivity contribution in [1.82, 2.24) is 14.5 Å². The number of nitro groups is 1. The highest BCUT2D eigenvalue weighted by molar-refractivity contribution is 7.89. The number of non-ortho nitro benzene ring substituents is 1. The predicted molar refractivity (Wildman–Crippen MR) is 108 cm³/mol. The highest BCUT2D eigenvalue weighted by Crippen LogP contribution is 2.23. The number of amides is 2. The molecule has 30 heavy (non-hydrogen) atoms. The number of rotatable bonds is 8. The van der Waals surface area contributed by atoms with E-state index in [1.54, 1.807) is 4.90 Å². The molecule has 0 unspecified atom stereocenters. The van der Waals surface area contributed by atoms with E-state index in [2.05, 4.69) is 4.72 Å². The molecular weight excluding hydrogens is 412 g/mol. The average molecular weight is 439 g/mol. The molecule has 164 valence electrons. The molecule has 2 aliphatic rings. The van der Waals surface area contributed by atoms with Crippen LogP contribution in [0.1, 0.15) is 38.5 Å². The molecule has 1 aromatic rings. The third-order valence-corrected chi connectivity index (χ3v) is 6.97. The van der Waals surface area contributed by atoms with Gasteiger partial charge in [-0.25, -0.2) is 13.1 Å². The molecule has 1 atom stereocenters. The van der Waals surface area contributed by atoms with Gasteiger partial charge >= 0.3 is 0 Å². The van der Waals surface area contributed by atoms with Gasteiger partial charge in [0.2, 0.25) is 21.8 Å². The number of benzene rings is 1. The second-order valence-corrected chi connectivity index (χ2v) is 9.30. The van der Waals surface area contributed by atoms with E-state index in [4.69, 9.17) is 0 Å². The van der Waals surface area contributed by atoms with E-state index in [0.717, 1.165) is 44.5 Å². The van der Waals surface area contributed by atoms with Crippen molar-refractivity contribution in [3.8, 4) is 0 Å². The molecule has 0 aliphatic carbocycles. The number of likely N-dealkylation sites (tertiary alicyclic amines) is 2. The fraction of sp³-hybridized carbons (Fsp3) is 0.579. The molecule has 0 saturated carbocycles. The van der Waals surface area contributed by atoms with Crippen LogP contribution in [-0.4, -0.2) is 67.2 Å². The predicted octanol–water partition coefficient (Wildman–Crippen LogP) is 1.27. The molecule has 0 bridgehead atoms. The fourth-order valence-corrected chi connectivity index (χ4v) is 4.96. The first-order valence-corrected chi connectivity index (χ1v) is 11.6. The molecule has 11 heteroatoms. The number of nitrogens with zero attached hydrogens (tertiary/aromatic N) is 3. The van der Waals surface area contributed by atoms with Gasteiger partial charge in [0, 0.05) is 44.7 Å². The van der Waals surface area contributed by atoms with Crippen LogP contribution in [0.3, 0.4) is 0 Å². The Labute approximate surface area is 175 Å². The summed E-state index contributed by atoms with van der Waals surface area (Å²) in [5.41, 5.74) is -0.191. The van der Waals surface area contributed by atoms with Crippen molar-refractivity contribution in [2.75, 3.05) is 26.2 Å². The smallest absolute Gasteiger partial charge is 0.269 e. The first-order valence-electron chi connectivity index (χ1n) is 10.1. The van der Waals surface area contributed by atoms with Gasteiger partial charge in [0.05, 0.1) is 9.82 Å². The first-order chi connectivity index (χ1) is 14.3. The van der Waals surface area contributed by atoms with Crippen LogP contribution in [0.15, 0.2) is 29.2 Å². The highest BCUT2D eigenvalue weighted by atomic mass is 32.2. The van der Waals surface area contributed by atoms with Crippen molar-refractivity contribution in [1.29, 1.82) is 0 Å². The standard InChI is InChI=1S/C19H26N4O6S/c24-18(22-14-4-5-17(22)19(25)21-12-1-2-13-21)6-3-11-20-30(28,29)16-9-7-15(8-10-16)23(26)27/h7-10,17,20H,1-6,11-14H2/t17-/m0/s1. The summed E-state index contributed by atoms with van der Waals surface area (Å²) in [5.74, 6) is -0.114. The molecule has 2 aliphatic heterocycles. The lowest BCUT2D eigenvalue weighted by atomic mass is 10.2. The van der Waals surface area contributed by atoms with Crippen LogP contribution in [0.2, 0.25) is 0 Å². The summed E-state index contributed by atoms with van der Waals surface area (Å²) in [5, 5.41) is 10.7. The Morgan fingerprint density at radius 1 is 1.10 bits per heavy atom. The summed E-state index contributed by atoms with van der Waals surface area (Å²) >= 11 is 0. The van der Waals surface area contributed by atoms with Gasteiger partial charge in [-0.1, -0.05) is 0 Å². The largest absolute Gasteiger partial charge is 0.341 e. The summed E-state index contributed by atoms with van der Waals surface area (Å²) in [6.45, 7) is 2.12. The number of nitro benzene ring substituents is 1. The third kappa shape index (κ3) is 5.14. The number of carbonyl (C=O) groups excluding carboxylic acids is 2. The monoisotopic (exact) mass is 438 g/mol. The molecule has 1 aromatic carbocycles. The Balaban J connectivity index is 1.47. The van der Waals surface area contributed by atoms with Gasteiger partial charge in [-0.15, -0.1) is 0 Å². The van der Waals surface area contributed by atoms with E-state index in [-0.39, 0.29) is 35.4 Å². The zero-order valence-electron chi connectivity index (χ0n) is 16.7. The van der Waals surface area contributed by atoms with Crippen molar-refractivity contribution in [2.45, 2.75) is 49.5 Å². The van der Waals surface area contributed by atoms with E-state index in [9.17, 15) is 28.1 Å². The van der Waals surface area contributed by atoms with Crippen LogP contribution < -0.4 is 4.72 Å². The third-order valence-electron chi connectivity index (χ3n) is 5.49. The van der Waals surface area contributed by atoms with Crippen molar-refractivity contribution in [3.05, 3.63) is 34.4 Å². The van der Waals surface area contributed by atoms with Gasteiger partial charge in [0.1, 0.15) is 6.04 Å². The quantitative estimate of drug-likeness (QED) is 0.369. The number of sulfonamides is 1. The van der Waals surface area contributed by atoms with Crippen molar-refractivity contribution >= 4 is 27.5 Å². The summed E-state index contributed by atoms with van der Waals surface area (Å²) in [7, 11) is -3.81. The number of hydrogen-bond acceptors (Lipinski definition) is 6. The Morgan fingerprint density at radius 2 is 1.77 bits per heavy atom. The molecule has 10 nitrogen and oxygen atoms in total. The molecule has 2 fully saturated rings. The van der Waals surface area contributed by atoms with E-state index < -0.39 is 21.0 Å². The maximum Gasteiger partial charge on any atom is 0.269 e. The minimum atomic E-state index is -3.81. The maximum absolute atomic E-state index is 12.6. The van der Waals surface area contributed by atoms with Gasteiger partial charge in [-0.3, -0.25) is 19.7 Å². The second-order valence-electron chi connectivity index (χ2n) is 7.53. The zero-order chi connectivity index (χ0) is 21.7. The molecule has 1 N–H and O–H groups in total. The normalized spacial score (nSPS) is 19.3. The van der Waals surface area contributed by atoms with E-state index in [1.165, 1.54) is 12.1 Å². The number of nitrogens with one attached hydrogen (secondary N) is 1. The van der Waals surface area contributed by atoms with Gasteiger partial charge in [0.25, 0.3) is 5.69 Å². The summed E-state index contributed by atoms with van der Waals surface area (Å²) in [6, 6.07) is 4.20. The second kappa shape index (κ2) is 9.52. The molecule has 0 aromatic heterocycles. The molecule has 2 saturated heterocycles. The molecule has 3 rings (SSSR count). The van der Waals surface area contributed by atoms with Crippen LogP contribution in [0.25, 0.3) is 0 Å². The van der Waals surface area contributed by atoms with Crippen molar-refractivity contribution < 1.29 is 22.9 Å². The highest BCUT2D eigenvalue weighted by Gasteiger charge is 2.36. The van der Waals surface area contributed by atoms with Gasteiger partial charge in [-0.2, -0.15) is 0 Å². The van der Waals surface area contributed by atoms with Gasteiger partial charge in [0.15, 0.2) is 0 Å². The number of carbonyl (C=O) groups is 2. The summed E-state index contributed by atoms with van der Waals surface area (Å²) in [6.07, 6.45) is 3.91. The van der Waals surface area contributed by atoms with Crippen molar-refractivity contribution in [2.24, 2.45) is 0 Å². The molecule has 2 heterocycles. The Hall–Kier alpha value is -2.53. The summed E-state index contributed by atoms with van der Waals surface area (Å²) in [4.78, 5) is 38.7.